The number of likely N-dealkylation sites (tertiary alicyclic amines) is 1. The van der Waals surface area contributed by atoms with E-state index < -0.39 is 0 Å². The van der Waals surface area contributed by atoms with Crippen LogP contribution in [0.1, 0.15) is 31.2 Å². The van der Waals surface area contributed by atoms with Crippen molar-refractivity contribution in [1.82, 2.24) is 15.4 Å². The Bertz CT molecular complexity index is 881. The second-order valence-corrected chi connectivity index (χ2v) is 9.04. The highest BCUT2D eigenvalue weighted by Crippen LogP contribution is 2.44. The van der Waals surface area contributed by atoms with Crippen LogP contribution in [0, 0.1) is 5.92 Å². The molecule has 1 aliphatic carbocycles. The van der Waals surface area contributed by atoms with Crippen LogP contribution in [0.5, 0.6) is 11.6 Å². The van der Waals surface area contributed by atoms with E-state index in [1.165, 1.54) is 12.8 Å². The third-order valence-corrected chi connectivity index (χ3v) is 6.70. The summed E-state index contributed by atoms with van der Waals surface area (Å²) in [6, 6.07) is 8.50. The molecule has 2 fully saturated rings. The van der Waals surface area contributed by atoms with Gasteiger partial charge in [-0.05, 0) is 78.8 Å². The fourth-order valence-corrected chi connectivity index (χ4v) is 4.46. The third-order valence-electron chi connectivity index (χ3n) is 5.91. The maximum absolute atomic E-state index is 6.26. The number of nitrogens with zero attached hydrogens (tertiary/aromatic N) is 3. The number of nitrogens with one attached hydrogen (secondary N) is 2. The molecule has 2 aromatic rings. The number of hydrogen-bond donors (Lipinski definition) is 3. The number of hydrogen-bond acceptors (Lipinski definition) is 7. The summed E-state index contributed by atoms with van der Waals surface area (Å²) in [5, 5.41) is 2.18. The maximum Gasteiger partial charge on any atom is 0.223 e. The number of piperidine rings is 1. The molecule has 1 saturated carbocycles. The predicted molar refractivity (Wildman–Crippen MR) is 118 cm³/mol. The quantitative estimate of drug-likeness (QED) is 0.609. The summed E-state index contributed by atoms with van der Waals surface area (Å²) in [6.07, 6.45) is 6.51. The van der Waals surface area contributed by atoms with Gasteiger partial charge in [-0.15, -0.1) is 5.53 Å². The topological polar surface area (TPSA) is 78.7 Å². The zero-order valence-electron chi connectivity index (χ0n) is 16.4. The van der Waals surface area contributed by atoms with Gasteiger partial charge in [0.25, 0.3) is 0 Å². The van der Waals surface area contributed by atoms with E-state index in [0.29, 0.717) is 11.9 Å². The van der Waals surface area contributed by atoms with Crippen LogP contribution < -0.4 is 26.4 Å². The molecule has 0 unspecified atom stereocenters. The van der Waals surface area contributed by atoms with Crippen molar-refractivity contribution in [2.75, 3.05) is 30.1 Å². The molecule has 3 aliphatic rings. The minimum Gasteiger partial charge on any atom is -0.437 e. The summed E-state index contributed by atoms with van der Waals surface area (Å²) < 4.78 is 7.17. The summed E-state index contributed by atoms with van der Waals surface area (Å²) >= 11 is 3.72. The summed E-state index contributed by atoms with van der Waals surface area (Å²) in [6.45, 7) is 3.89. The van der Waals surface area contributed by atoms with Crippen molar-refractivity contribution >= 4 is 27.3 Å². The summed E-state index contributed by atoms with van der Waals surface area (Å²) in [4.78, 5) is 6.93. The van der Waals surface area contributed by atoms with Gasteiger partial charge in [-0.1, -0.05) is 6.07 Å². The smallest absolute Gasteiger partial charge is 0.223 e. The van der Waals surface area contributed by atoms with Gasteiger partial charge in [-0.25, -0.2) is 4.98 Å². The minimum absolute atomic E-state index is 0.332. The monoisotopic (exact) mass is 458 g/mol. The van der Waals surface area contributed by atoms with Gasteiger partial charge in [0.1, 0.15) is 5.75 Å². The number of fused-ring (bicyclic) bond motifs is 1. The van der Waals surface area contributed by atoms with Crippen molar-refractivity contribution in [2.45, 2.75) is 38.3 Å². The SMILES string of the molecule is NC1CCN(Cc2cccnc2Oc2ccc3c(c2Br)NNN3CC2CC2)CC1. The van der Waals surface area contributed by atoms with Gasteiger partial charge in [-0.2, -0.15) is 0 Å². The van der Waals surface area contributed by atoms with E-state index >= 15 is 0 Å². The highest BCUT2D eigenvalue weighted by molar-refractivity contribution is 9.10. The lowest BCUT2D eigenvalue weighted by atomic mass is 10.1. The molecule has 0 amide bonds. The summed E-state index contributed by atoms with van der Waals surface area (Å²) in [7, 11) is 0. The predicted octanol–water partition coefficient (Wildman–Crippen LogP) is 3.62. The molecule has 29 heavy (non-hydrogen) atoms. The number of rotatable bonds is 6. The van der Waals surface area contributed by atoms with Crippen LogP contribution in [0.4, 0.5) is 11.4 Å². The van der Waals surface area contributed by atoms with E-state index in [4.69, 9.17) is 10.5 Å². The first kappa shape index (κ1) is 19.1. The Kier molecular flexibility index (Phi) is 5.34. The molecule has 1 aromatic heterocycles. The molecule has 4 N–H and O–H groups in total. The van der Waals surface area contributed by atoms with Crippen molar-refractivity contribution in [3.8, 4) is 11.6 Å². The van der Waals surface area contributed by atoms with E-state index in [2.05, 4.69) is 53.9 Å². The summed E-state index contributed by atoms with van der Waals surface area (Å²) in [5.74, 6) is 2.21. The van der Waals surface area contributed by atoms with Crippen LogP contribution in [0.25, 0.3) is 0 Å². The van der Waals surface area contributed by atoms with Crippen molar-refractivity contribution in [1.29, 1.82) is 0 Å². The van der Waals surface area contributed by atoms with Gasteiger partial charge in [0.05, 0.1) is 15.8 Å². The van der Waals surface area contributed by atoms with Crippen LogP contribution in [-0.4, -0.2) is 35.6 Å². The molecule has 8 heteroatoms. The molecule has 3 heterocycles. The van der Waals surface area contributed by atoms with Gasteiger partial charge in [-0.3, -0.25) is 9.91 Å². The van der Waals surface area contributed by atoms with Crippen molar-refractivity contribution in [2.24, 2.45) is 11.7 Å². The van der Waals surface area contributed by atoms with Crippen LogP contribution >= 0.6 is 15.9 Å². The van der Waals surface area contributed by atoms with E-state index in [1.807, 2.05) is 12.1 Å². The molecule has 1 saturated heterocycles. The van der Waals surface area contributed by atoms with Gasteiger partial charge in [0.2, 0.25) is 5.88 Å². The van der Waals surface area contributed by atoms with Gasteiger partial charge in [0, 0.05) is 30.9 Å². The van der Waals surface area contributed by atoms with Gasteiger partial charge < -0.3 is 15.9 Å². The molecule has 7 nitrogen and oxygen atoms in total. The van der Waals surface area contributed by atoms with Crippen LogP contribution in [-0.2, 0) is 6.54 Å². The summed E-state index contributed by atoms with van der Waals surface area (Å²) in [5.41, 5.74) is 15.8. The molecular formula is C21H27BrN6O. The minimum atomic E-state index is 0.332. The van der Waals surface area contributed by atoms with Gasteiger partial charge >= 0.3 is 0 Å². The van der Waals surface area contributed by atoms with Gasteiger partial charge in [0.15, 0.2) is 0 Å². The Balaban J connectivity index is 1.33. The normalized spacial score (nSPS) is 19.9. The zero-order chi connectivity index (χ0) is 19.8. The van der Waals surface area contributed by atoms with Crippen molar-refractivity contribution in [3.05, 3.63) is 40.5 Å². The Morgan fingerprint density at radius 2 is 2.00 bits per heavy atom. The average molecular weight is 459 g/mol. The number of anilines is 2. The Labute approximate surface area is 179 Å². The number of hydrazine groups is 2. The van der Waals surface area contributed by atoms with Crippen LogP contribution in [0.15, 0.2) is 34.9 Å². The van der Waals surface area contributed by atoms with E-state index in [9.17, 15) is 0 Å². The molecule has 0 radical (unpaired) electrons. The second-order valence-electron chi connectivity index (χ2n) is 8.25. The zero-order valence-corrected chi connectivity index (χ0v) is 18.0. The lowest BCUT2D eigenvalue weighted by Crippen LogP contribution is -2.39. The number of nitrogens with two attached hydrogens (primary N) is 1. The molecular weight excluding hydrogens is 432 g/mol. The molecule has 0 bridgehead atoms. The Hall–Kier alpha value is -1.87. The van der Waals surface area contributed by atoms with Crippen LogP contribution in [0.3, 0.4) is 0 Å². The maximum atomic E-state index is 6.26. The fraction of sp³-hybridized carbons (Fsp3) is 0.476. The first-order valence-corrected chi connectivity index (χ1v) is 11.2. The largest absolute Gasteiger partial charge is 0.437 e. The van der Waals surface area contributed by atoms with Crippen LogP contribution in [0.2, 0.25) is 0 Å². The lowest BCUT2D eigenvalue weighted by molar-refractivity contribution is 0.203. The van der Waals surface area contributed by atoms with E-state index in [1.54, 1.807) is 6.20 Å². The van der Waals surface area contributed by atoms with Crippen molar-refractivity contribution in [3.63, 3.8) is 0 Å². The first-order valence-electron chi connectivity index (χ1n) is 10.4. The molecule has 1 aromatic carbocycles. The highest BCUT2D eigenvalue weighted by Gasteiger charge is 2.30. The first-order chi connectivity index (χ1) is 14.2. The Morgan fingerprint density at radius 3 is 2.79 bits per heavy atom. The Morgan fingerprint density at radius 1 is 1.17 bits per heavy atom. The molecule has 154 valence electrons. The molecule has 5 rings (SSSR count). The number of aromatic nitrogens is 1. The van der Waals surface area contributed by atoms with E-state index in [0.717, 1.165) is 72.1 Å². The van der Waals surface area contributed by atoms with Crippen molar-refractivity contribution < 1.29 is 4.74 Å². The number of pyridine rings is 1. The standard InChI is InChI=1S/C21H27BrN6O/c22-19-18(6-5-17-20(19)25-26-28(17)12-14-3-4-14)29-21-15(2-1-9-24-21)13-27-10-7-16(23)8-11-27/h1-2,5-6,9,14,16,25-26H,3-4,7-8,10-13,23H2. The molecule has 0 spiro atoms. The third kappa shape index (κ3) is 4.21. The fourth-order valence-electron chi connectivity index (χ4n) is 3.95. The molecule has 2 aliphatic heterocycles. The molecule has 0 atom stereocenters. The average Bonchev–Trinajstić information content (AvgIpc) is 3.45. The highest BCUT2D eigenvalue weighted by atomic mass is 79.9. The number of halogens is 1. The number of benzene rings is 1. The second kappa shape index (κ2) is 8.10. The number of ether oxygens (including phenoxy) is 1. The lowest BCUT2D eigenvalue weighted by Gasteiger charge is -2.30. The van der Waals surface area contributed by atoms with E-state index in [-0.39, 0.29) is 0 Å².